The molecule has 1 heterocycles. The monoisotopic (exact) mass is 255 g/mol. The van der Waals surface area contributed by atoms with Crippen LogP contribution >= 0.6 is 11.8 Å². The van der Waals surface area contributed by atoms with Gasteiger partial charge in [0.2, 0.25) is 0 Å². The van der Waals surface area contributed by atoms with Crippen LogP contribution in [0.4, 0.5) is 0 Å². The van der Waals surface area contributed by atoms with Gasteiger partial charge in [-0.05, 0) is 38.3 Å². The normalized spacial score (nSPS) is 12.9. The lowest BCUT2D eigenvalue weighted by atomic mass is 10.1. The third kappa shape index (κ3) is 6.13. The lowest BCUT2D eigenvalue weighted by Crippen LogP contribution is -2.19. The van der Waals surface area contributed by atoms with E-state index in [4.69, 9.17) is 0 Å². The Labute approximate surface area is 109 Å². The number of aromatic nitrogens is 2. The van der Waals surface area contributed by atoms with Crippen molar-refractivity contribution in [2.24, 2.45) is 7.05 Å². The summed E-state index contributed by atoms with van der Waals surface area (Å²) < 4.78 is 1.86. The molecule has 1 N–H and O–H groups in total. The molecule has 17 heavy (non-hydrogen) atoms. The molecular weight excluding hydrogens is 230 g/mol. The highest BCUT2D eigenvalue weighted by Crippen LogP contribution is 2.10. The number of nitrogens with one attached hydrogen (secondary N) is 1. The molecule has 0 aromatic carbocycles. The standard InChI is InChI=1S/C13H25N3S/c1-12(13-10-15-16(2)11-13)14-8-6-4-5-7-9-17-3/h10-12,14H,4-9H2,1-3H3. The molecule has 0 spiro atoms. The van der Waals surface area contributed by atoms with Crippen molar-refractivity contribution in [3.63, 3.8) is 0 Å². The number of aryl methyl sites for hydroxylation is 1. The fourth-order valence-electron chi connectivity index (χ4n) is 1.83. The molecule has 1 unspecified atom stereocenters. The summed E-state index contributed by atoms with van der Waals surface area (Å²) in [6.45, 7) is 3.31. The number of rotatable bonds is 9. The largest absolute Gasteiger partial charge is 0.310 e. The molecule has 98 valence electrons. The van der Waals surface area contributed by atoms with E-state index in [2.05, 4.69) is 29.8 Å². The third-order valence-electron chi connectivity index (χ3n) is 2.95. The zero-order valence-electron chi connectivity index (χ0n) is 11.3. The summed E-state index contributed by atoms with van der Waals surface area (Å²) in [4.78, 5) is 0. The summed E-state index contributed by atoms with van der Waals surface area (Å²) in [5.74, 6) is 1.31. The Bertz CT molecular complexity index is 299. The van der Waals surface area contributed by atoms with E-state index in [9.17, 15) is 0 Å². The SMILES string of the molecule is CSCCCCCCNC(C)c1cnn(C)c1. The maximum atomic E-state index is 4.19. The van der Waals surface area contributed by atoms with Crippen LogP contribution in [-0.4, -0.2) is 28.3 Å². The van der Waals surface area contributed by atoms with Gasteiger partial charge in [0, 0.05) is 24.8 Å². The van der Waals surface area contributed by atoms with Crippen molar-refractivity contribution in [3.05, 3.63) is 18.0 Å². The summed E-state index contributed by atoms with van der Waals surface area (Å²) in [5, 5.41) is 7.73. The van der Waals surface area contributed by atoms with E-state index in [-0.39, 0.29) is 0 Å². The fourth-order valence-corrected chi connectivity index (χ4v) is 2.32. The van der Waals surface area contributed by atoms with Crippen molar-refractivity contribution in [2.75, 3.05) is 18.6 Å². The molecular formula is C13H25N3S. The highest BCUT2D eigenvalue weighted by molar-refractivity contribution is 7.98. The van der Waals surface area contributed by atoms with E-state index in [1.54, 1.807) is 0 Å². The smallest absolute Gasteiger partial charge is 0.0537 e. The zero-order chi connectivity index (χ0) is 12.5. The summed E-state index contributed by atoms with van der Waals surface area (Å²) in [6, 6.07) is 0.412. The molecule has 1 atom stereocenters. The number of hydrogen-bond acceptors (Lipinski definition) is 3. The first-order valence-corrected chi connectivity index (χ1v) is 7.84. The molecule has 0 aliphatic rings. The van der Waals surface area contributed by atoms with Crippen molar-refractivity contribution < 1.29 is 0 Å². The molecule has 0 bridgehead atoms. The van der Waals surface area contributed by atoms with E-state index >= 15 is 0 Å². The van der Waals surface area contributed by atoms with Crippen LogP contribution in [0.5, 0.6) is 0 Å². The van der Waals surface area contributed by atoms with Gasteiger partial charge in [-0.1, -0.05) is 12.8 Å². The summed E-state index contributed by atoms with van der Waals surface area (Å²) in [7, 11) is 1.96. The molecule has 0 saturated carbocycles. The van der Waals surface area contributed by atoms with Crippen LogP contribution in [0.25, 0.3) is 0 Å². The van der Waals surface area contributed by atoms with Crippen molar-refractivity contribution in [3.8, 4) is 0 Å². The Balaban J connectivity index is 2.03. The minimum atomic E-state index is 0.412. The number of thioether (sulfide) groups is 1. The summed E-state index contributed by atoms with van der Waals surface area (Å²) >= 11 is 1.95. The maximum absolute atomic E-state index is 4.19. The topological polar surface area (TPSA) is 29.9 Å². The van der Waals surface area contributed by atoms with Gasteiger partial charge >= 0.3 is 0 Å². The first-order chi connectivity index (χ1) is 8.24. The Morgan fingerprint density at radius 1 is 1.35 bits per heavy atom. The zero-order valence-corrected chi connectivity index (χ0v) is 12.1. The second-order valence-electron chi connectivity index (χ2n) is 4.53. The van der Waals surface area contributed by atoms with Crippen LogP contribution in [0.15, 0.2) is 12.4 Å². The quantitative estimate of drug-likeness (QED) is 0.688. The minimum absolute atomic E-state index is 0.412. The molecule has 0 amide bonds. The van der Waals surface area contributed by atoms with Crippen LogP contribution in [-0.2, 0) is 7.05 Å². The van der Waals surface area contributed by atoms with Crippen molar-refractivity contribution in [2.45, 2.75) is 38.6 Å². The Morgan fingerprint density at radius 2 is 2.12 bits per heavy atom. The molecule has 0 fully saturated rings. The van der Waals surface area contributed by atoms with Gasteiger partial charge in [-0.2, -0.15) is 16.9 Å². The van der Waals surface area contributed by atoms with E-state index < -0.39 is 0 Å². The Morgan fingerprint density at radius 3 is 2.76 bits per heavy atom. The van der Waals surface area contributed by atoms with Crippen LogP contribution in [0, 0.1) is 0 Å². The average molecular weight is 255 g/mol. The maximum Gasteiger partial charge on any atom is 0.0537 e. The van der Waals surface area contributed by atoms with Gasteiger partial charge in [0.25, 0.3) is 0 Å². The summed E-state index contributed by atoms with van der Waals surface area (Å²) in [5.41, 5.74) is 1.27. The number of hydrogen-bond donors (Lipinski definition) is 1. The molecule has 0 radical (unpaired) electrons. The Hall–Kier alpha value is -0.480. The lowest BCUT2D eigenvalue weighted by Gasteiger charge is -2.11. The van der Waals surface area contributed by atoms with E-state index in [0.717, 1.165) is 6.54 Å². The van der Waals surface area contributed by atoms with Gasteiger partial charge in [0.1, 0.15) is 0 Å². The van der Waals surface area contributed by atoms with Crippen LogP contribution in [0.2, 0.25) is 0 Å². The van der Waals surface area contributed by atoms with E-state index in [0.29, 0.717) is 6.04 Å². The van der Waals surface area contributed by atoms with Crippen molar-refractivity contribution in [1.29, 1.82) is 0 Å². The Kier molecular flexibility index (Phi) is 7.37. The molecule has 0 aliphatic heterocycles. The average Bonchev–Trinajstić information content (AvgIpc) is 2.74. The van der Waals surface area contributed by atoms with E-state index in [1.165, 1.54) is 37.0 Å². The predicted octanol–water partition coefficient (Wildman–Crippen LogP) is 2.99. The van der Waals surface area contributed by atoms with Gasteiger partial charge in [-0.3, -0.25) is 4.68 Å². The fraction of sp³-hybridized carbons (Fsp3) is 0.769. The third-order valence-corrected chi connectivity index (χ3v) is 3.65. The first-order valence-electron chi connectivity index (χ1n) is 6.45. The van der Waals surface area contributed by atoms with Crippen LogP contribution in [0.3, 0.4) is 0 Å². The number of unbranched alkanes of at least 4 members (excludes halogenated alkanes) is 3. The summed E-state index contributed by atoms with van der Waals surface area (Å²) in [6.07, 6.45) is 11.5. The van der Waals surface area contributed by atoms with Gasteiger partial charge in [-0.25, -0.2) is 0 Å². The minimum Gasteiger partial charge on any atom is -0.310 e. The molecule has 3 nitrogen and oxygen atoms in total. The highest BCUT2D eigenvalue weighted by Gasteiger charge is 2.05. The second-order valence-corrected chi connectivity index (χ2v) is 5.52. The molecule has 0 aliphatic carbocycles. The van der Waals surface area contributed by atoms with Crippen molar-refractivity contribution >= 4 is 11.8 Å². The predicted molar refractivity (Wildman–Crippen MR) is 76.5 cm³/mol. The lowest BCUT2D eigenvalue weighted by molar-refractivity contribution is 0.537. The highest BCUT2D eigenvalue weighted by atomic mass is 32.2. The molecule has 1 aromatic heterocycles. The van der Waals surface area contributed by atoms with Crippen LogP contribution in [0.1, 0.15) is 44.2 Å². The molecule has 1 rings (SSSR count). The van der Waals surface area contributed by atoms with Crippen LogP contribution < -0.4 is 5.32 Å². The molecule has 1 aromatic rings. The molecule has 0 saturated heterocycles. The van der Waals surface area contributed by atoms with Gasteiger partial charge in [0.15, 0.2) is 0 Å². The van der Waals surface area contributed by atoms with Gasteiger partial charge in [-0.15, -0.1) is 0 Å². The van der Waals surface area contributed by atoms with Crippen molar-refractivity contribution in [1.82, 2.24) is 15.1 Å². The second kappa shape index (κ2) is 8.59. The van der Waals surface area contributed by atoms with Gasteiger partial charge in [0.05, 0.1) is 6.20 Å². The molecule has 4 heteroatoms. The van der Waals surface area contributed by atoms with Gasteiger partial charge < -0.3 is 5.32 Å². The van der Waals surface area contributed by atoms with E-state index in [1.807, 2.05) is 29.7 Å². The first kappa shape index (κ1) is 14.6. The number of nitrogens with zero attached hydrogens (tertiary/aromatic N) is 2.